The molecule has 1 aliphatic heterocycles. The predicted molar refractivity (Wildman–Crippen MR) is 84.8 cm³/mol. The molecule has 2 N–H and O–H groups in total. The van der Waals surface area contributed by atoms with E-state index >= 15 is 0 Å². The van der Waals surface area contributed by atoms with E-state index < -0.39 is 0 Å². The lowest BCUT2D eigenvalue weighted by atomic mass is 9.80. The Morgan fingerprint density at radius 1 is 1.20 bits per heavy atom. The molecule has 2 aliphatic rings. The highest BCUT2D eigenvalue weighted by atomic mass is 16.5. The average molecular weight is 282 g/mol. The maximum atomic E-state index is 5.95. The summed E-state index contributed by atoms with van der Waals surface area (Å²) in [4.78, 5) is 0. The molecule has 3 heteroatoms. The van der Waals surface area contributed by atoms with Crippen LogP contribution in [0.15, 0.2) is 0 Å². The van der Waals surface area contributed by atoms with Crippen molar-refractivity contribution in [3.05, 3.63) is 0 Å². The highest BCUT2D eigenvalue weighted by Gasteiger charge is 2.37. The number of nitrogens with one attached hydrogen (secondary N) is 2. The Hall–Kier alpha value is -0.120. The van der Waals surface area contributed by atoms with Gasteiger partial charge in [-0.15, -0.1) is 0 Å². The number of hydrogen-bond donors (Lipinski definition) is 2. The van der Waals surface area contributed by atoms with Gasteiger partial charge in [0.1, 0.15) is 6.23 Å². The van der Waals surface area contributed by atoms with Crippen molar-refractivity contribution in [2.24, 2.45) is 11.8 Å². The van der Waals surface area contributed by atoms with Crippen molar-refractivity contribution in [2.75, 3.05) is 19.7 Å². The first-order valence-electron chi connectivity index (χ1n) is 8.76. The normalized spacial score (nSPS) is 30.9. The number of ether oxygens (including phenoxy) is 1. The third-order valence-corrected chi connectivity index (χ3v) is 5.10. The van der Waals surface area contributed by atoms with E-state index in [2.05, 4.69) is 31.4 Å². The van der Waals surface area contributed by atoms with Gasteiger partial charge in [-0.2, -0.15) is 0 Å². The van der Waals surface area contributed by atoms with Crippen LogP contribution in [0.5, 0.6) is 0 Å². The van der Waals surface area contributed by atoms with Gasteiger partial charge in [0.25, 0.3) is 0 Å². The van der Waals surface area contributed by atoms with Crippen LogP contribution in [0.3, 0.4) is 0 Å². The maximum Gasteiger partial charge on any atom is 0.120 e. The van der Waals surface area contributed by atoms with Crippen molar-refractivity contribution in [3.8, 4) is 0 Å². The number of piperazine rings is 1. The number of unbranched alkanes of at least 4 members (excludes halogenated alkanes) is 3. The minimum atomic E-state index is 0.220. The van der Waals surface area contributed by atoms with Gasteiger partial charge >= 0.3 is 0 Å². The third kappa shape index (κ3) is 4.71. The average Bonchev–Trinajstić information content (AvgIpc) is 3.27. The molecule has 0 radical (unpaired) electrons. The minimum Gasteiger partial charge on any atom is -0.362 e. The zero-order chi connectivity index (χ0) is 14.4. The lowest BCUT2D eigenvalue weighted by molar-refractivity contribution is -0.0141. The lowest BCUT2D eigenvalue weighted by Gasteiger charge is -2.45. The Kier molecular flexibility index (Phi) is 6.31. The Bertz CT molecular complexity index is 268. The molecule has 0 bridgehead atoms. The van der Waals surface area contributed by atoms with Gasteiger partial charge in [0.15, 0.2) is 0 Å². The van der Waals surface area contributed by atoms with Crippen LogP contribution in [0.25, 0.3) is 0 Å². The van der Waals surface area contributed by atoms with E-state index in [-0.39, 0.29) is 11.8 Å². The summed E-state index contributed by atoms with van der Waals surface area (Å²) in [5.74, 6) is 1.52. The molecule has 118 valence electrons. The minimum absolute atomic E-state index is 0.220. The molecule has 1 saturated carbocycles. The fourth-order valence-electron chi connectivity index (χ4n) is 3.12. The molecule has 2 unspecified atom stereocenters. The second-order valence-corrected chi connectivity index (χ2v) is 7.15. The van der Waals surface area contributed by atoms with E-state index in [1.54, 1.807) is 0 Å². The lowest BCUT2D eigenvalue weighted by Crippen LogP contribution is -2.65. The zero-order valence-corrected chi connectivity index (χ0v) is 13.7. The van der Waals surface area contributed by atoms with Crippen LogP contribution < -0.4 is 10.6 Å². The van der Waals surface area contributed by atoms with Gasteiger partial charge in [0, 0.05) is 18.6 Å². The van der Waals surface area contributed by atoms with Crippen LogP contribution in [-0.4, -0.2) is 31.5 Å². The van der Waals surface area contributed by atoms with E-state index in [9.17, 15) is 0 Å². The third-order valence-electron chi connectivity index (χ3n) is 5.10. The Labute approximate surface area is 125 Å². The second kappa shape index (κ2) is 7.77. The summed E-state index contributed by atoms with van der Waals surface area (Å²) >= 11 is 0. The molecular weight excluding hydrogens is 248 g/mol. The second-order valence-electron chi connectivity index (χ2n) is 7.15. The molecule has 1 heterocycles. The van der Waals surface area contributed by atoms with Crippen LogP contribution in [0.2, 0.25) is 0 Å². The summed E-state index contributed by atoms with van der Waals surface area (Å²) in [5, 5.41) is 7.45. The summed E-state index contributed by atoms with van der Waals surface area (Å²) in [5.41, 5.74) is 0.271. The van der Waals surface area contributed by atoms with Gasteiger partial charge in [-0.05, 0) is 31.1 Å². The Morgan fingerprint density at radius 3 is 2.55 bits per heavy atom. The fraction of sp³-hybridized carbons (Fsp3) is 1.00. The molecule has 2 atom stereocenters. The SMILES string of the molecule is CCCCCCC1(C(C)C)CNC(OCC2CC2)CN1. The molecule has 2 rings (SSSR count). The number of hydrogen-bond acceptors (Lipinski definition) is 3. The highest BCUT2D eigenvalue weighted by Crippen LogP contribution is 2.30. The Balaban J connectivity index is 1.72. The molecule has 3 nitrogen and oxygen atoms in total. The van der Waals surface area contributed by atoms with E-state index in [0.717, 1.165) is 25.6 Å². The first-order chi connectivity index (χ1) is 9.66. The van der Waals surface area contributed by atoms with Gasteiger partial charge < -0.3 is 10.1 Å². The molecule has 1 saturated heterocycles. The van der Waals surface area contributed by atoms with E-state index in [1.807, 2.05) is 0 Å². The summed E-state index contributed by atoms with van der Waals surface area (Å²) < 4.78 is 5.95. The fourth-order valence-corrected chi connectivity index (χ4v) is 3.12. The standard InChI is InChI=1S/C17H34N2O/c1-4-5-6-7-10-17(14(2)3)13-18-16(11-19-17)20-12-15-8-9-15/h14-16,18-19H,4-13H2,1-3H3. The molecule has 0 spiro atoms. The zero-order valence-electron chi connectivity index (χ0n) is 13.7. The van der Waals surface area contributed by atoms with E-state index in [0.29, 0.717) is 5.92 Å². The van der Waals surface area contributed by atoms with Crippen LogP contribution >= 0.6 is 0 Å². The van der Waals surface area contributed by atoms with Crippen molar-refractivity contribution < 1.29 is 4.74 Å². The van der Waals surface area contributed by atoms with E-state index in [4.69, 9.17) is 4.74 Å². The Morgan fingerprint density at radius 2 is 2.00 bits per heavy atom. The van der Waals surface area contributed by atoms with Crippen molar-refractivity contribution >= 4 is 0 Å². The molecule has 0 aromatic rings. The molecule has 1 aliphatic carbocycles. The van der Waals surface area contributed by atoms with Crippen LogP contribution in [-0.2, 0) is 4.74 Å². The first kappa shape index (κ1) is 16.3. The van der Waals surface area contributed by atoms with Crippen LogP contribution in [0.4, 0.5) is 0 Å². The van der Waals surface area contributed by atoms with Gasteiger partial charge in [0.2, 0.25) is 0 Å². The predicted octanol–water partition coefficient (Wildman–Crippen LogP) is 3.30. The largest absolute Gasteiger partial charge is 0.362 e. The van der Waals surface area contributed by atoms with Crippen LogP contribution in [0, 0.1) is 11.8 Å². The first-order valence-corrected chi connectivity index (χ1v) is 8.76. The van der Waals surface area contributed by atoms with Gasteiger partial charge in [-0.3, -0.25) is 5.32 Å². The molecule has 0 aromatic carbocycles. The quantitative estimate of drug-likeness (QED) is 0.637. The molecule has 0 aromatic heterocycles. The topological polar surface area (TPSA) is 33.3 Å². The van der Waals surface area contributed by atoms with Crippen LogP contribution in [0.1, 0.15) is 65.7 Å². The summed E-state index contributed by atoms with van der Waals surface area (Å²) in [6, 6.07) is 0. The molecule has 20 heavy (non-hydrogen) atoms. The van der Waals surface area contributed by atoms with Gasteiger partial charge in [-0.1, -0.05) is 46.5 Å². The molecule has 2 fully saturated rings. The van der Waals surface area contributed by atoms with Crippen molar-refractivity contribution in [1.29, 1.82) is 0 Å². The van der Waals surface area contributed by atoms with Gasteiger partial charge in [0.05, 0.1) is 6.61 Å². The van der Waals surface area contributed by atoms with Crippen molar-refractivity contribution in [3.63, 3.8) is 0 Å². The highest BCUT2D eigenvalue weighted by molar-refractivity contribution is 4.97. The molecular formula is C17H34N2O. The maximum absolute atomic E-state index is 5.95. The summed E-state index contributed by atoms with van der Waals surface area (Å²) in [7, 11) is 0. The van der Waals surface area contributed by atoms with Gasteiger partial charge in [-0.25, -0.2) is 0 Å². The number of rotatable bonds is 9. The van der Waals surface area contributed by atoms with Crippen molar-refractivity contribution in [1.82, 2.24) is 10.6 Å². The summed E-state index contributed by atoms with van der Waals surface area (Å²) in [6.45, 7) is 9.93. The summed E-state index contributed by atoms with van der Waals surface area (Å²) in [6.07, 6.45) is 9.64. The monoisotopic (exact) mass is 282 g/mol. The smallest absolute Gasteiger partial charge is 0.120 e. The van der Waals surface area contributed by atoms with E-state index in [1.165, 1.54) is 44.9 Å². The molecule has 0 amide bonds. The van der Waals surface area contributed by atoms with Crippen molar-refractivity contribution in [2.45, 2.75) is 77.5 Å².